The van der Waals surface area contributed by atoms with Gasteiger partial charge in [-0.1, -0.05) is 6.07 Å². The van der Waals surface area contributed by atoms with Crippen LogP contribution in [0.4, 0.5) is 13.2 Å². The Kier molecular flexibility index (Phi) is 5.91. The highest BCUT2D eigenvalue weighted by Crippen LogP contribution is 2.34. The zero-order valence-corrected chi connectivity index (χ0v) is 18.4. The summed E-state index contributed by atoms with van der Waals surface area (Å²) in [6.45, 7) is 0.127. The molecular formula is C22H22BrF3N2O3. The molecule has 0 spiro atoms. The summed E-state index contributed by atoms with van der Waals surface area (Å²) < 4.78 is 49.0. The number of imidazole rings is 1. The molecule has 0 amide bonds. The van der Waals surface area contributed by atoms with Crippen molar-refractivity contribution in [3.8, 4) is 5.75 Å². The number of hydrogen-bond donors (Lipinski definition) is 1. The van der Waals surface area contributed by atoms with E-state index in [1.54, 1.807) is 22.8 Å². The number of ether oxygens (including phenoxy) is 1. The first kappa shape index (κ1) is 22.0. The maximum absolute atomic E-state index is 13.4. The van der Waals surface area contributed by atoms with Gasteiger partial charge in [0.15, 0.2) is 0 Å². The summed E-state index contributed by atoms with van der Waals surface area (Å²) in [6, 6.07) is 8.61. The summed E-state index contributed by atoms with van der Waals surface area (Å²) in [5, 5.41) is 9.82. The third-order valence-electron chi connectivity index (χ3n) is 5.88. The number of fused-ring (bicyclic) bond motifs is 1. The SMILES string of the molecule is COc1ccc(Cn2c(=O)n(C3CCC(O)CC3)c3ccc(C(F)(F)F)cc32)cc1Br. The molecule has 166 valence electrons. The molecule has 0 unspecified atom stereocenters. The van der Waals surface area contributed by atoms with Crippen LogP contribution in [0.15, 0.2) is 45.7 Å². The number of aliphatic hydroxyl groups is 1. The highest BCUT2D eigenvalue weighted by atomic mass is 79.9. The lowest BCUT2D eigenvalue weighted by molar-refractivity contribution is -0.137. The second kappa shape index (κ2) is 8.35. The molecule has 0 atom stereocenters. The van der Waals surface area contributed by atoms with Crippen molar-refractivity contribution in [1.82, 2.24) is 9.13 Å². The monoisotopic (exact) mass is 498 g/mol. The Morgan fingerprint density at radius 3 is 2.42 bits per heavy atom. The molecule has 2 aromatic carbocycles. The Bertz CT molecular complexity index is 1160. The van der Waals surface area contributed by atoms with Crippen molar-refractivity contribution in [3.05, 3.63) is 62.5 Å². The molecule has 31 heavy (non-hydrogen) atoms. The lowest BCUT2D eigenvalue weighted by Crippen LogP contribution is -2.31. The maximum atomic E-state index is 13.4. The van der Waals surface area contributed by atoms with E-state index in [1.165, 1.54) is 17.7 Å². The maximum Gasteiger partial charge on any atom is 0.416 e. The van der Waals surface area contributed by atoms with Crippen LogP contribution in [-0.4, -0.2) is 27.5 Å². The summed E-state index contributed by atoms with van der Waals surface area (Å²) in [6.07, 6.45) is -2.56. The number of nitrogens with zero attached hydrogens (tertiary/aromatic N) is 2. The first-order valence-electron chi connectivity index (χ1n) is 10.0. The zero-order valence-electron chi connectivity index (χ0n) is 16.8. The number of rotatable bonds is 4. The zero-order chi connectivity index (χ0) is 22.3. The van der Waals surface area contributed by atoms with Crippen molar-refractivity contribution >= 4 is 27.0 Å². The van der Waals surface area contributed by atoms with Gasteiger partial charge in [-0.15, -0.1) is 0 Å². The van der Waals surface area contributed by atoms with Crippen LogP contribution in [-0.2, 0) is 12.7 Å². The quantitative estimate of drug-likeness (QED) is 0.543. The van der Waals surface area contributed by atoms with E-state index in [9.17, 15) is 23.1 Å². The molecule has 5 nitrogen and oxygen atoms in total. The van der Waals surface area contributed by atoms with Crippen LogP contribution in [0.1, 0.15) is 42.9 Å². The number of methoxy groups -OCH3 is 1. The van der Waals surface area contributed by atoms with E-state index >= 15 is 0 Å². The Morgan fingerprint density at radius 1 is 1.10 bits per heavy atom. The number of hydrogen-bond acceptors (Lipinski definition) is 3. The van der Waals surface area contributed by atoms with Gasteiger partial charge in [0.1, 0.15) is 5.75 Å². The van der Waals surface area contributed by atoms with E-state index in [-0.39, 0.29) is 23.8 Å². The molecule has 4 rings (SSSR count). The normalized spacial score (nSPS) is 19.7. The van der Waals surface area contributed by atoms with Crippen LogP contribution < -0.4 is 10.4 Å². The van der Waals surface area contributed by atoms with Gasteiger partial charge in [-0.2, -0.15) is 13.2 Å². The molecule has 1 aliphatic rings. The van der Waals surface area contributed by atoms with Gasteiger partial charge in [0.25, 0.3) is 0 Å². The van der Waals surface area contributed by atoms with Crippen molar-refractivity contribution in [2.45, 2.75) is 50.6 Å². The molecule has 0 aliphatic heterocycles. The van der Waals surface area contributed by atoms with Gasteiger partial charge in [0.05, 0.1) is 40.8 Å². The van der Waals surface area contributed by atoms with E-state index in [4.69, 9.17) is 4.74 Å². The predicted molar refractivity (Wildman–Crippen MR) is 115 cm³/mol. The van der Waals surface area contributed by atoms with Gasteiger partial charge in [0.2, 0.25) is 0 Å². The number of benzene rings is 2. The first-order chi connectivity index (χ1) is 14.7. The van der Waals surface area contributed by atoms with Gasteiger partial charge in [-0.25, -0.2) is 4.79 Å². The predicted octanol–water partition coefficient (Wildman–Crippen LogP) is 5.12. The van der Waals surface area contributed by atoms with E-state index in [2.05, 4.69) is 15.9 Å². The second-order valence-electron chi connectivity index (χ2n) is 7.87. The van der Waals surface area contributed by atoms with Crippen LogP contribution in [0.5, 0.6) is 5.75 Å². The molecule has 3 aromatic rings. The summed E-state index contributed by atoms with van der Waals surface area (Å²) >= 11 is 3.41. The van der Waals surface area contributed by atoms with E-state index < -0.39 is 17.8 Å². The van der Waals surface area contributed by atoms with Crippen molar-refractivity contribution in [1.29, 1.82) is 0 Å². The first-order valence-corrected chi connectivity index (χ1v) is 10.8. The molecule has 0 radical (unpaired) electrons. The summed E-state index contributed by atoms with van der Waals surface area (Å²) in [5.74, 6) is 0.624. The average Bonchev–Trinajstić information content (AvgIpc) is 2.99. The van der Waals surface area contributed by atoms with Crippen molar-refractivity contribution in [3.63, 3.8) is 0 Å². The Labute approximate surface area is 185 Å². The Morgan fingerprint density at radius 2 is 1.81 bits per heavy atom. The van der Waals surface area contributed by atoms with Crippen molar-refractivity contribution in [2.75, 3.05) is 7.11 Å². The molecular weight excluding hydrogens is 477 g/mol. The molecule has 0 saturated heterocycles. The van der Waals surface area contributed by atoms with E-state index in [0.29, 0.717) is 41.4 Å². The average molecular weight is 499 g/mol. The molecule has 0 bridgehead atoms. The third-order valence-corrected chi connectivity index (χ3v) is 6.50. The Balaban J connectivity index is 1.85. The number of aromatic nitrogens is 2. The van der Waals surface area contributed by atoms with Crippen molar-refractivity contribution < 1.29 is 23.0 Å². The summed E-state index contributed by atoms with van der Waals surface area (Å²) in [4.78, 5) is 13.4. The highest BCUT2D eigenvalue weighted by molar-refractivity contribution is 9.10. The minimum absolute atomic E-state index is 0.127. The fourth-order valence-corrected chi connectivity index (χ4v) is 4.86. The molecule has 1 N–H and O–H groups in total. The topological polar surface area (TPSA) is 56.4 Å². The van der Waals surface area contributed by atoms with Crippen LogP contribution in [0.3, 0.4) is 0 Å². The number of halogens is 4. The standard InChI is InChI=1S/C22H22BrF3N2O3/c1-31-20-9-2-13(10-17(20)23)12-27-19-11-14(22(24,25)26)3-8-18(19)28(21(27)30)15-4-6-16(29)7-5-15/h2-3,8-11,15-16,29H,4-7,12H2,1H3. The molecule has 1 aliphatic carbocycles. The second-order valence-corrected chi connectivity index (χ2v) is 8.73. The van der Waals surface area contributed by atoms with Gasteiger partial charge in [-0.3, -0.25) is 9.13 Å². The fraction of sp³-hybridized carbons (Fsp3) is 0.409. The van der Waals surface area contributed by atoms with Gasteiger partial charge in [-0.05, 0) is 77.5 Å². The smallest absolute Gasteiger partial charge is 0.416 e. The lowest BCUT2D eigenvalue weighted by Gasteiger charge is -2.26. The van der Waals surface area contributed by atoms with Crippen LogP contribution in [0.25, 0.3) is 11.0 Å². The fourth-order valence-electron chi connectivity index (χ4n) is 4.27. The van der Waals surface area contributed by atoms with Gasteiger partial charge in [0, 0.05) is 6.04 Å². The molecule has 1 saturated carbocycles. The molecule has 1 heterocycles. The minimum atomic E-state index is -4.50. The van der Waals surface area contributed by atoms with Gasteiger partial charge < -0.3 is 9.84 Å². The van der Waals surface area contributed by atoms with Crippen LogP contribution in [0, 0.1) is 0 Å². The third kappa shape index (κ3) is 4.25. The minimum Gasteiger partial charge on any atom is -0.496 e. The summed E-state index contributed by atoms with van der Waals surface area (Å²) in [5.41, 5.74) is 0.346. The van der Waals surface area contributed by atoms with Crippen LogP contribution in [0.2, 0.25) is 0 Å². The van der Waals surface area contributed by atoms with Gasteiger partial charge >= 0.3 is 11.9 Å². The Hall–Kier alpha value is -2.26. The van der Waals surface area contributed by atoms with E-state index in [1.807, 2.05) is 0 Å². The number of alkyl halides is 3. The number of aliphatic hydroxyl groups excluding tert-OH is 1. The van der Waals surface area contributed by atoms with Crippen LogP contribution >= 0.6 is 15.9 Å². The summed E-state index contributed by atoms with van der Waals surface area (Å²) in [7, 11) is 1.54. The highest BCUT2D eigenvalue weighted by Gasteiger charge is 2.32. The lowest BCUT2D eigenvalue weighted by atomic mass is 9.93. The largest absolute Gasteiger partial charge is 0.496 e. The molecule has 9 heteroatoms. The molecule has 1 aromatic heterocycles. The van der Waals surface area contributed by atoms with Crippen molar-refractivity contribution in [2.24, 2.45) is 0 Å². The molecule has 1 fully saturated rings. The van der Waals surface area contributed by atoms with E-state index in [0.717, 1.165) is 17.7 Å².